The summed E-state index contributed by atoms with van der Waals surface area (Å²) < 4.78 is 1.61. The van der Waals surface area contributed by atoms with E-state index in [2.05, 4.69) is 28.2 Å². The molecule has 0 fully saturated rings. The van der Waals surface area contributed by atoms with Crippen LogP contribution in [0.1, 0.15) is 10.4 Å². The number of nitrogens with one attached hydrogen (secondary N) is 2. The fourth-order valence-electron chi connectivity index (χ4n) is 1.30. The number of hydrazine groups is 1. The van der Waals surface area contributed by atoms with Crippen molar-refractivity contribution >= 4 is 28.8 Å². The van der Waals surface area contributed by atoms with Gasteiger partial charge < -0.3 is 5.73 Å². The van der Waals surface area contributed by atoms with Crippen molar-refractivity contribution in [2.75, 3.05) is 0 Å². The van der Waals surface area contributed by atoms with Crippen molar-refractivity contribution in [1.82, 2.24) is 20.5 Å². The van der Waals surface area contributed by atoms with Crippen LogP contribution in [0.15, 0.2) is 30.6 Å². The van der Waals surface area contributed by atoms with Gasteiger partial charge in [-0.05, 0) is 24.4 Å². The Balaban J connectivity index is 2.26. The summed E-state index contributed by atoms with van der Waals surface area (Å²) in [6, 6.07) is 5.45. The zero-order valence-corrected chi connectivity index (χ0v) is 8.99. The molecular weight excluding hydrogens is 226 g/mol. The van der Waals surface area contributed by atoms with E-state index in [0.717, 1.165) is 0 Å². The number of aromatic nitrogens is 2. The third-order valence-electron chi connectivity index (χ3n) is 1.97. The van der Waals surface area contributed by atoms with E-state index in [1.807, 2.05) is 12.1 Å². The Morgan fingerprint density at radius 3 is 3.00 bits per heavy atom. The third kappa shape index (κ3) is 1.94. The molecule has 82 valence electrons. The van der Waals surface area contributed by atoms with E-state index in [1.54, 1.807) is 16.8 Å². The van der Waals surface area contributed by atoms with Gasteiger partial charge >= 0.3 is 0 Å². The second-order valence-corrected chi connectivity index (χ2v) is 3.47. The van der Waals surface area contributed by atoms with E-state index in [1.165, 1.54) is 6.20 Å². The van der Waals surface area contributed by atoms with Crippen molar-refractivity contribution in [3.63, 3.8) is 0 Å². The minimum atomic E-state index is -0.339. The highest BCUT2D eigenvalue weighted by atomic mass is 32.1. The minimum absolute atomic E-state index is 0.00447. The molecule has 0 saturated heterocycles. The van der Waals surface area contributed by atoms with E-state index in [9.17, 15) is 4.79 Å². The summed E-state index contributed by atoms with van der Waals surface area (Å²) in [6.45, 7) is 0. The first kappa shape index (κ1) is 10.4. The van der Waals surface area contributed by atoms with Crippen molar-refractivity contribution in [3.05, 3.63) is 36.2 Å². The Labute approximate surface area is 96.4 Å². The van der Waals surface area contributed by atoms with Crippen LogP contribution in [-0.4, -0.2) is 20.6 Å². The lowest BCUT2D eigenvalue weighted by Gasteiger charge is -2.04. The van der Waals surface area contributed by atoms with Crippen molar-refractivity contribution in [3.8, 4) is 0 Å². The molecule has 0 aliphatic rings. The molecule has 0 atom stereocenters. The number of carbonyl (C=O) groups is 1. The maximum atomic E-state index is 11.7. The summed E-state index contributed by atoms with van der Waals surface area (Å²) in [5.41, 5.74) is 11.1. The molecule has 0 unspecified atom stereocenters. The van der Waals surface area contributed by atoms with Gasteiger partial charge in [-0.3, -0.25) is 15.6 Å². The van der Waals surface area contributed by atoms with Crippen LogP contribution in [-0.2, 0) is 0 Å². The number of hydrogen-bond acceptors (Lipinski definition) is 3. The Hall–Kier alpha value is -2.15. The number of carbonyl (C=O) groups excluding carboxylic acids is 1. The maximum Gasteiger partial charge on any atom is 0.273 e. The molecule has 1 amide bonds. The van der Waals surface area contributed by atoms with Gasteiger partial charge in [0.1, 0.15) is 0 Å². The number of hydrogen-bond donors (Lipinski definition) is 3. The normalized spacial score (nSPS) is 10.0. The van der Waals surface area contributed by atoms with E-state index in [4.69, 9.17) is 5.73 Å². The summed E-state index contributed by atoms with van der Waals surface area (Å²) in [4.78, 5) is 11.7. The fourth-order valence-corrected chi connectivity index (χ4v) is 1.35. The molecule has 6 nitrogen and oxygen atoms in total. The second kappa shape index (κ2) is 4.15. The molecular formula is C9H9N5OS. The number of nitrogens with two attached hydrogens (primary N) is 1. The number of nitrogens with zero attached hydrogens (tertiary/aromatic N) is 2. The Morgan fingerprint density at radius 1 is 1.44 bits per heavy atom. The number of fused-ring (bicyclic) bond motifs is 1. The minimum Gasteiger partial charge on any atom is -0.375 e. The summed E-state index contributed by atoms with van der Waals surface area (Å²) >= 11 is 4.57. The molecule has 0 radical (unpaired) electrons. The lowest BCUT2D eigenvalue weighted by atomic mass is 10.2. The summed E-state index contributed by atoms with van der Waals surface area (Å²) in [5, 5.41) is 4.04. The molecule has 7 heteroatoms. The molecule has 0 bridgehead atoms. The summed E-state index contributed by atoms with van der Waals surface area (Å²) in [6.07, 6.45) is 3.24. The van der Waals surface area contributed by atoms with Crippen LogP contribution < -0.4 is 16.6 Å². The highest BCUT2D eigenvalue weighted by Crippen LogP contribution is 2.08. The Kier molecular flexibility index (Phi) is 2.69. The molecule has 16 heavy (non-hydrogen) atoms. The van der Waals surface area contributed by atoms with Crippen LogP contribution in [0.5, 0.6) is 0 Å². The zero-order valence-electron chi connectivity index (χ0n) is 8.18. The molecule has 0 aliphatic heterocycles. The van der Waals surface area contributed by atoms with E-state index in [-0.39, 0.29) is 11.0 Å². The molecule has 2 aromatic rings. The standard InChI is InChI=1S/C9H9N5OS/c10-9(16)13-12-8(15)6-5-11-14-4-2-1-3-7(6)14/h1-5H,(H,12,15)(H3,10,13,16). The van der Waals surface area contributed by atoms with E-state index < -0.39 is 0 Å². The number of amides is 1. The lowest BCUT2D eigenvalue weighted by Crippen LogP contribution is -2.44. The van der Waals surface area contributed by atoms with Gasteiger partial charge in [0.25, 0.3) is 5.91 Å². The van der Waals surface area contributed by atoms with Crippen LogP contribution in [0.25, 0.3) is 5.52 Å². The van der Waals surface area contributed by atoms with Crippen molar-refractivity contribution < 1.29 is 4.79 Å². The predicted octanol–water partition coefficient (Wildman–Crippen LogP) is -0.188. The smallest absolute Gasteiger partial charge is 0.273 e. The second-order valence-electron chi connectivity index (χ2n) is 3.03. The number of thiocarbonyl (C=S) groups is 1. The van der Waals surface area contributed by atoms with Gasteiger partial charge in [0, 0.05) is 6.20 Å². The van der Waals surface area contributed by atoms with Gasteiger partial charge in [0.15, 0.2) is 5.11 Å². The highest BCUT2D eigenvalue weighted by molar-refractivity contribution is 7.80. The van der Waals surface area contributed by atoms with Gasteiger partial charge in [-0.15, -0.1) is 0 Å². The SMILES string of the molecule is NC(=S)NNC(=O)c1cnn2ccccc12. The van der Waals surface area contributed by atoms with Crippen molar-refractivity contribution in [2.45, 2.75) is 0 Å². The maximum absolute atomic E-state index is 11.7. The first-order chi connectivity index (χ1) is 7.68. The van der Waals surface area contributed by atoms with E-state index in [0.29, 0.717) is 11.1 Å². The van der Waals surface area contributed by atoms with E-state index >= 15 is 0 Å². The van der Waals surface area contributed by atoms with Gasteiger partial charge in [-0.1, -0.05) is 6.07 Å². The molecule has 4 N–H and O–H groups in total. The average Bonchev–Trinajstić information content (AvgIpc) is 2.69. The molecule has 0 saturated carbocycles. The van der Waals surface area contributed by atoms with Crippen LogP contribution in [0, 0.1) is 0 Å². The lowest BCUT2D eigenvalue weighted by molar-refractivity contribution is 0.0945. The van der Waals surface area contributed by atoms with Crippen molar-refractivity contribution in [1.29, 1.82) is 0 Å². The average molecular weight is 235 g/mol. The van der Waals surface area contributed by atoms with Crippen LogP contribution >= 0.6 is 12.2 Å². The Morgan fingerprint density at radius 2 is 2.25 bits per heavy atom. The van der Waals surface area contributed by atoms with Gasteiger partial charge in [0.05, 0.1) is 17.3 Å². The van der Waals surface area contributed by atoms with Gasteiger partial charge in [-0.25, -0.2) is 4.52 Å². The monoisotopic (exact) mass is 235 g/mol. The largest absolute Gasteiger partial charge is 0.375 e. The molecule has 2 heterocycles. The quantitative estimate of drug-likeness (QED) is 0.471. The first-order valence-corrected chi connectivity index (χ1v) is 4.87. The summed E-state index contributed by atoms with van der Waals surface area (Å²) in [7, 11) is 0. The predicted molar refractivity (Wildman–Crippen MR) is 62.6 cm³/mol. The first-order valence-electron chi connectivity index (χ1n) is 4.46. The Bertz CT molecular complexity index is 550. The molecule has 0 spiro atoms. The zero-order chi connectivity index (χ0) is 11.5. The topological polar surface area (TPSA) is 84.5 Å². The van der Waals surface area contributed by atoms with Crippen LogP contribution in [0.4, 0.5) is 0 Å². The van der Waals surface area contributed by atoms with Crippen molar-refractivity contribution in [2.24, 2.45) is 5.73 Å². The number of pyridine rings is 1. The molecule has 0 aromatic carbocycles. The molecule has 2 aromatic heterocycles. The number of rotatable bonds is 1. The van der Waals surface area contributed by atoms with Gasteiger partial charge in [-0.2, -0.15) is 5.10 Å². The highest BCUT2D eigenvalue weighted by Gasteiger charge is 2.11. The molecule has 2 rings (SSSR count). The third-order valence-corrected chi connectivity index (χ3v) is 2.07. The summed E-state index contributed by atoms with van der Waals surface area (Å²) in [5.74, 6) is -0.339. The van der Waals surface area contributed by atoms with Crippen LogP contribution in [0.3, 0.4) is 0 Å². The van der Waals surface area contributed by atoms with Gasteiger partial charge in [0.2, 0.25) is 0 Å². The fraction of sp³-hybridized carbons (Fsp3) is 0. The van der Waals surface area contributed by atoms with Crippen LogP contribution in [0.2, 0.25) is 0 Å². The molecule has 0 aliphatic carbocycles.